The van der Waals surface area contributed by atoms with Gasteiger partial charge in [0, 0.05) is 11.6 Å². The van der Waals surface area contributed by atoms with Crippen LogP contribution in [-0.4, -0.2) is 21.2 Å². The predicted octanol–water partition coefficient (Wildman–Crippen LogP) is 4.41. The van der Waals surface area contributed by atoms with Gasteiger partial charge in [0.2, 0.25) is 5.91 Å². The van der Waals surface area contributed by atoms with Crippen LogP contribution in [0.1, 0.15) is 16.9 Å². The summed E-state index contributed by atoms with van der Waals surface area (Å²) in [5.74, 6) is 0.612. The van der Waals surface area contributed by atoms with Crippen LogP contribution >= 0.6 is 23.4 Å². The van der Waals surface area contributed by atoms with E-state index in [1.54, 1.807) is 36.6 Å². The van der Waals surface area contributed by atoms with Crippen molar-refractivity contribution in [3.05, 3.63) is 93.1 Å². The summed E-state index contributed by atoms with van der Waals surface area (Å²) in [7, 11) is 0. The largest absolute Gasteiger partial charge is 0.467 e. The van der Waals surface area contributed by atoms with Crippen molar-refractivity contribution in [1.29, 1.82) is 0 Å². The summed E-state index contributed by atoms with van der Waals surface area (Å²) < 4.78 is 6.92. The lowest BCUT2D eigenvalue weighted by molar-refractivity contribution is -0.118. The van der Waals surface area contributed by atoms with E-state index in [1.165, 1.54) is 21.9 Å². The van der Waals surface area contributed by atoms with Gasteiger partial charge in [-0.1, -0.05) is 53.2 Å². The minimum Gasteiger partial charge on any atom is -0.467 e. The van der Waals surface area contributed by atoms with Gasteiger partial charge in [0.15, 0.2) is 5.16 Å². The molecule has 0 bridgehead atoms. The highest BCUT2D eigenvalue weighted by Gasteiger charge is 2.15. The molecule has 0 aliphatic rings. The lowest BCUT2D eigenvalue weighted by Gasteiger charge is -2.12. The lowest BCUT2D eigenvalue weighted by atomic mass is 10.1. The van der Waals surface area contributed by atoms with Crippen LogP contribution in [0.2, 0.25) is 5.02 Å². The molecule has 0 saturated heterocycles. The Morgan fingerprint density at radius 3 is 2.74 bits per heavy atom. The summed E-state index contributed by atoms with van der Waals surface area (Å²) in [4.78, 5) is 30.1. The van der Waals surface area contributed by atoms with Crippen LogP contribution in [0, 0.1) is 6.92 Å². The number of fused-ring (bicyclic) bond motifs is 1. The molecule has 8 heteroatoms. The summed E-state index contributed by atoms with van der Waals surface area (Å²) in [6, 6.07) is 16.5. The van der Waals surface area contributed by atoms with Crippen molar-refractivity contribution in [2.75, 3.05) is 5.75 Å². The molecule has 2 aromatic heterocycles. The molecule has 4 aromatic rings. The summed E-state index contributed by atoms with van der Waals surface area (Å²) in [5, 5.41) is 4.29. The Hall–Kier alpha value is -3.03. The molecule has 0 atom stereocenters. The number of benzene rings is 2. The number of aryl methyl sites for hydroxylation is 1. The fraction of sp³-hybridized carbons (Fsp3) is 0.174. The molecule has 0 aliphatic carbocycles. The number of hydrogen-bond acceptors (Lipinski definition) is 5. The number of hydrogen-bond donors (Lipinski definition) is 1. The van der Waals surface area contributed by atoms with Crippen LogP contribution in [0.15, 0.2) is 75.2 Å². The smallest absolute Gasteiger partial charge is 0.262 e. The molecule has 2 aromatic carbocycles. The van der Waals surface area contributed by atoms with Gasteiger partial charge >= 0.3 is 0 Å². The lowest BCUT2D eigenvalue weighted by Crippen LogP contribution is -2.27. The third kappa shape index (κ3) is 5.18. The molecular weight excluding hydrogens is 434 g/mol. The van der Waals surface area contributed by atoms with E-state index in [1.807, 2.05) is 31.2 Å². The van der Waals surface area contributed by atoms with Crippen LogP contribution in [-0.2, 0) is 17.9 Å². The average Bonchev–Trinajstić information content (AvgIpc) is 3.27. The number of carbonyl (C=O) groups is 1. The summed E-state index contributed by atoms with van der Waals surface area (Å²) in [6.45, 7) is 2.69. The average molecular weight is 454 g/mol. The van der Waals surface area contributed by atoms with Gasteiger partial charge in [-0.15, -0.1) is 0 Å². The van der Waals surface area contributed by atoms with Crippen LogP contribution in [0.4, 0.5) is 0 Å². The van der Waals surface area contributed by atoms with Crippen molar-refractivity contribution in [3.63, 3.8) is 0 Å². The minimum atomic E-state index is -0.208. The Kier molecular flexibility index (Phi) is 6.44. The van der Waals surface area contributed by atoms with Gasteiger partial charge < -0.3 is 9.73 Å². The van der Waals surface area contributed by atoms with Gasteiger partial charge in [-0.3, -0.25) is 14.2 Å². The van der Waals surface area contributed by atoms with Crippen molar-refractivity contribution in [1.82, 2.24) is 14.9 Å². The molecule has 6 nitrogen and oxygen atoms in total. The number of halogens is 1. The second-order valence-corrected chi connectivity index (χ2v) is 8.46. The number of amides is 1. The molecule has 4 rings (SSSR count). The van der Waals surface area contributed by atoms with Gasteiger partial charge in [0.05, 0.1) is 29.5 Å². The number of thioether (sulfide) groups is 1. The van der Waals surface area contributed by atoms with Gasteiger partial charge in [0.25, 0.3) is 5.56 Å². The molecule has 0 aliphatic heterocycles. The van der Waals surface area contributed by atoms with Crippen molar-refractivity contribution < 1.29 is 9.21 Å². The molecule has 31 heavy (non-hydrogen) atoms. The molecule has 0 unspecified atom stereocenters. The number of nitrogens with zero attached hydrogens (tertiary/aromatic N) is 2. The maximum Gasteiger partial charge on any atom is 0.262 e. The Labute approximate surface area is 188 Å². The highest BCUT2D eigenvalue weighted by molar-refractivity contribution is 7.99. The molecule has 0 spiro atoms. The SMILES string of the molecule is Cc1ccc(CNC(=O)CSc2nc3cc(Cl)ccc3c(=O)n2Cc2ccco2)cc1. The van der Waals surface area contributed by atoms with Gasteiger partial charge in [0.1, 0.15) is 5.76 Å². The van der Waals surface area contributed by atoms with Crippen molar-refractivity contribution in [2.45, 2.75) is 25.2 Å². The van der Waals surface area contributed by atoms with Crippen LogP contribution in [0.5, 0.6) is 0 Å². The van der Waals surface area contributed by atoms with Gasteiger partial charge in [-0.05, 0) is 42.8 Å². The Bertz CT molecular complexity index is 1270. The topological polar surface area (TPSA) is 77.1 Å². The van der Waals surface area contributed by atoms with Gasteiger partial charge in [-0.2, -0.15) is 0 Å². The minimum absolute atomic E-state index is 0.128. The van der Waals surface area contributed by atoms with Crippen LogP contribution in [0.3, 0.4) is 0 Å². The van der Waals surface area contributed by atoms with Crippen LogP contribution < -0.4 is 10.9 Å². The first kappa shape index (κ1) is 21.2. The van der Waals surface area contributed by atoms with E-state index in [-0.39, 0.29) is 23.8 Å². The standard InChI is InChI=1S/C23H20ClN3O3S/c1-15-4-6-16(7-5-15)12-25-21(28)14-31-23-26-20-11-17(24)8-9-19(20)22(29)27(23)13-18-3-2-10-30-18/h2-11H,12-14H2,1H3,(H,25,28). The molecule has 2 heterocycles. The van der Waals surface area contributed by atoms with Crippen molar-refractivity contribution in [2.24, 2.45) is 0 Å². The van der Waals surface area contributed by atoms with Crippen molar-refractivity contribution >= 4 is 40.2 Å². The molecule has 0 radical (unpaired) electrons. The third-order valence-electron chi connectivity index (χ3n) is 4.72. The van der Waals surface area contributed by atoms with E-state index in [0.29, 0.717) is 33.4 Å². The van der Waals surface area contributed by atoms with E-state index in [4.69, 9.17) is 16.0 Å². The quantitative estimate of drug-likeness (QED) is 0.331. The number of furan rings is 1. The number of carbonyl (C=O) groups excluding carboxylic acids is 1. The molecule has 0 saturated carbocycles. The van der Waals surface area contributed by atoms with E-state index in [0.717, 1.165) is 5.56 Å². The molecule has 1 N–H and O–H groups in total. The zero-order chi connectivity index (χ0) is 21.8. The van der Waals surface area contributed by atoms with E-state index < -0.39 is 0 Å². The monoisotopic (exact) mass is 453 g/mol. The first-order valence-electron chi connectivity index (χ1n) is 9.67. The summed E-state index contributed by atoms with van der Waals surface area (Å²) >= 11 is 7.28. The highest BCUT2D eigenvalue weighted by atomic mass is 35.5. The first-order valence-corrected chi connectivity index (χ1v) is 11.0. The normalized spacial score (nSPS) is 11.0. The number of aromatic nitrogens is 2. The second kappa shape index (κ2) is 9.41. The van der Waals surface area contributed by atoms with E-state index in [2.05, 4.69) is 10.3 Å². The predicted molar refractivity (Wildman–Crippen MR) is 123 cm³/mol. The molecule has 0 fully saturated rings. The first-order chi connectivity index (χ1) is 15.0. The fourth-order valence-corrected chi connectivity index (χ4v) is 4.06. The Morgan fingerprint density at radius 1 is 1.19 bits per heavy atom. The fourth-order valence-electron chi connectivity index (χ4n) is 3.07. The Balaban J connectivity index is 1.54. The summed E-state index contributed by atoms with van der Waals surface area (Å²) in [6.07, 6.45) is 1.56. The molecule has 1 amide bonds. The second-order valence-electron chi connectivity index (χ2n) is 7.08. The third-order valence-corrected chi connectivity index (χ3v) is 5.93. The van der Waals surface area contributed by atoms with Crippen LogP contribution in [0.25, 0.3) is 10.9 Å². The maximum atomic E-state index is 13.1. The maximum absolute atomic E-state index is 13.1. The van der Waals surface area contributed by atoms with Crippen molar-refractivity contribution in [3.8, 4) is 0 Å². The van der Waals surface area contributed by atoms with Gasteiger partial charge in [-0.25, -0.2) is 4.98 Å². The zero-order valence-electron chi connectivity index (χ0n) is 16.8. The Morgan fingerprint density at radius 2 is 2.00 bits per heavy atom. The number of rotatable bonds is 7. The number of nitrogens with one attached hydrogen (secondary N) is 1. The molecular formula is C23H20ClN3O3S. The van der Waals surface area contributed by atoms with E-state index in [9.17, 15) is 9.59 Å². The zero-order valence-corrected chi connectivity index (χ0v) is 18.4. The van der Waals surface area contributed by atoms with E-state index >= 15 is 0 Å². The highest BCUT2D eigenvalue weighted by Crippen LogP contribution is 2.21. The molecule has 158 valence electrons. The summed E-state index contributed by atoms with van der Waals surface area (Å²) in [5.41, 5.74) is 2.48.